The number of nitrogens with zero attached hydrogens (tertiary/aromatic N) is 2. The highest BCUT2D eigenvalue weighted by molar-refractivity contribution is 7.89. The van der Waals surface area contributed by atoms with Gasteiger partial charge in [0.05, 0.1) is 10.6 Å². The number of sulfonamides is 1. The normalized spacial score (nSPS) is 11.5. The van der Waals surface area contributed by atoms with Crippen LogP contribution in [0.2, 0.25) is 5.02 Å². The van der Waals surface area contributed by atoms with Crippen LogP contribution < -0.4 is 10.6 Å². The number of rotatable bonds is 7. The Morgan fingerprint density at radius 1 is 1.14 bits per heavy atom. The van der Waals surface area contributed by atoms with Gasteiger partial charge in [0.15, 0.2) is 0 Å². The highest BCUT2D eigenvalue weighted by Gasteiger charge is 2.25. The van der Waals surface area contributed by atoms with Crippen molar-refractivity contribution in [2.45, 2.75) is 18.7 Å². The summed E-state index contributed by atoms with van der Waals surface area (Å²) in [5.74, 6) is -0.888. The smallest absolute Gasteiger partial charge is 0.272 e. The van der Waals surface area contributed by atoms with Crippen molar-refractivity contribution < 1.29 is 18.0 Å². The lowest BCUT2D eigenvalue weighted by Crippen LogP contribution is -2.30. The molecule has 0 atom stereocenters. The third kappa shape index (κ3) is 4.37. The molecule has 0 aliphatic carbocycles. The number of halogens is 1. The summed E-state index contributed by atoms with van der Waals surface area (Å²) in [6.45, 7) is 4.18. The second-order valence-corrected chi connectivity index (χ2v) is 8.33. The summed E-state index contributed by atoms with van der Waals surface area (Å²) in [5.41, 5.74) is 0.753. The molecule has 0 unspecified atom stereocenters. The van der Waals surface area contributed by atoms with E-state index in [1.54, 1.807) is 27.0 Å². The first kappa shape index (κ1) is 21.9. The van der Waals surface area contributed by atoms with E-state index in [0.29, 0.717) is 18.8 Å². The predicted octanol–water partition coefficient (Wildman–Crippen LogP) is 2.32. The van der Waals surface area contributed by atoms with Crippen LogP contribution in [0, 0.1) is 0 Å². The number of amides is 2. The highest BCUT2D eigenvalue weighted by atomic mass is 35.5. The first-order chi connectivity index (χ1) is 13.1. The fourth-order valence-corrected chi connectivity index (χ4v) is 4.45. The third-order valence-corrected chi connectivity index (χ3v) is 6.60. The Morgan fingerprint density at radius 3 is 2.36 bits per heavy atom. The molecule has 2 amide bonds. The number of anilines is 1. The zero-order chi connectivity index (χ0) is 21.1. The Kier molecular flexibility index (Phi) is 6.87. The lowest BCUT2D eigenvalue weighted by Gasteiger charge is -2.17. The van der Waals surface area contributed by atoms with E-state index >= 15 is 0 Å². The quantitative estimate of drug-likeness (QED) is 0.709. The average molecular weight is 427 g/mol. The topological polar surface area (TPSA) is 101 Å². The van der Waals surface area contributed by atoms with E-state index in [4.69, 9.17) is 11.6 Å². The molecular formula is C18H23ClN4O4S. The van der Waals surface area contributed by atoms with E-state index in [1.165, 1.54) is 40.3 Å². The Balaban J connectivity index is 2.32. The van der Waals surface area contributed by atoms with Crippen LogP contribution in [-0.2, 0) is 17.1 Å². The fraction of sp³-hybridized carbons (Fsp3) is 0.333. The molecule has 10 heteroatoms. The zero-order valence-electron chi connectivity index (χ0n) is 16.1. The van der Waals surface area contributed by atoms with Gasteiger partial charge in [-0.1, -0.05) is 25.4 Å². The molecule has 2 aromatic rings. The van der Waals surface area contributed by atoms with Gasteiger partial charge in [-0.15, -0.1) is 0 Å². The van der Waals surface area contributed by atoms with Gasteiger partial charge in [-0.2, -0.15) is 4.31 Å². The van der Waals surface area contributed by atoms with E-state index in [-0.39, 0.29) is 27.1 Å². The number of hydrogen-bond acceptors (Lipinski definition) is 4. The molecule has 0 spiro atoms. The summed E-state index contributed by atoms with van der Waals surface area (Å²) in [7, 11) is -0.605. The minimum atomic E-state index is -3.67. The molecule has 0 saturated carbocycles. The van der Waals surface area contributed by atoms with Gasteiger partial charge in [0, 0.05) is 39.1 Å². The van der Waals surface area contributed by atoms with E-state index in [0.717, 1.165) is 0 Å². The van der Waals surface area contributed by atoms with Crippen molar-refractivity contribution in [3.8, 4) is 0 Å². The Bertz CT molecular complexity index is 997. The highest BCUT2D eigenvalue weighted by Crippen LogP contribution is 2.22. The molecule has 2 N–H and O–H groups in total. The second-order valence-electron chi connectivity index (χ2n) is 5.99. The molecule has 152 valence electrons. The van der Waals surface area contributed by atoms with Crippen LogP contribution in [0.25, 0.3) is 0 Å². The molecule has 2 rings (SSSR count). The van der Waals surface area contributed by atoms with Crippen molar-refractivity contribution in [1.29, 1.82) is 0 Å². The SMILES string of the molecule is CCN(CC)S(=O)(=O)c1cc(C(=O)Nc2ccc(Cl)c(C(=O)NC)c2)n(C)c1. The maximum Gasteiger partial charge on any atom is 0.272 e. The van der Waals surface area contributed by atoms with Gasteiger partial charge in [-0.25, -0.2) is 8.42 Å². The number of benzene rings is 1. The Morgan fingerprint density at radius 2 is 1.79 bits per heavy atom. The van der Waals surface area contributed by atoms with Crippen LogP contribution in [-0.4, -0.2) is 49.2 Å². The number of nitrogens with one attached hydrogen (secondary N) is 2. The minimum Gasteiger partial charge on any atom is -0.355 e. The van der Waals surface area contributed by atoms with Gasteiger partial charge in [0.2, 0.25) is 10.0 Å². The van der Waals surface area contributed by atoms with E-state index in [2.05, 4.69) is 10.6 Å². The van der Waals surface area contributed by atoms with Crippen molar-refractivity contribution in [1.82, 2.24) is 14.2 Å². The van der Waals surface area contributed by atoms with Crippen molar-refractivity contribution in [2.75, 3.05) is 25.5 Å². The molecule has 1 heterocycles. The molecule has 0 fully saturated rings. The Hall–Kier alpha value is -2.36. The molecule has 8 nitrogen and oxygen atoms in total. The van der Waals surface area contributed by atoms with Crippen molar-refractivity contribution in [3.63, 3.8) is 0 Å². The van der Waals surface area contributed by atoms with Crippen LogP contribution >= 0.6 is 11.6 Å². The summed E-state index contributed by atoms with van der Waals surface area (Å²) >= 11 is 6.01. The predicted molar refractivity (Wildman–Crippen MR) is 108 cm³/mol. The molecular weight excluding hydrogens is 404 g/mol. The maximum absolute atomic E-state index is 12.7. The van der Waals surface area contributed by atoms with Gasteiger partial charge < -0.3 is 15.2 Å². The fourth-order valence-electron chi connectivity index (χ4n) is 2.72. The van der Waals surface area contributed by atoms with E-state index in [9.17, 15) is 18.0 Å². The molecule has 0 aliphatic heterocycles. The van der Waals surface area contributed by atoms with Crippen molar-refractivity contribution in [2.24, 2.45) is 7.05 Å². The summed E-state index contributed by atoms with van der Waals surface area (Å²) in [6, 6.07) is 5.85. The summed E-state index contributed by atoms with van der Waals surface area (Å²) < 4.78 is 28.1. The molecule has 0 aliphatic rings. The standard InChI is InChI=1S/C18H23ClN4O4S/c1-5-23(6-2)28(26,27)13-10-16(22(4)11-13)18(25)21-12-7-8-15(19)14(9-12)17(24)20-3/h7-11H,5-6H2,1-4H3,(H,20,24)(H,21,25). The second kappa shape index (κ2) is 8.76. The lowest BCUT2D eigenvalue weighted by molar-refractivity contribution is 0.0961. The number of hydrogen-bond donors (Lipinski definition) is 2. The molecule has 28 heavy (non-hydrogen) atoms. The third-order valence-electron chi connectivity index (χ3n) is 4.25. The van der Waals surface area contributed by atoms with Crippen molar-refractivity contribution >= 4 is 39.1 Å². The number of carbonyl (C=O) groups is 2. The first-order valence-electron chi connectivity index (χ1n) is 8.65. The lowest BCUT2D eigenvalue weighted by atomic mass is 10.2. The largest absolute Gasteiger partial charge is 0.355 e. The molecule has 0 radical (unpaired) electrons. The summed E-state index contributed by atoms with van der Waals surface area (Å²) in [4.78, 5) is 24.5. The van der Waals surface area contributed by atoms with Crippen LogP contribution in [0.15, 0.2) is 35.4 Å². The number of aromatic nitrogens is 1. The molecule has 1 aromatic heterocycles. The molecule has 0 bridgehead atoms. The minimum absolute atomic E-state index is 0.0472. The van der Waals surface area contributed by atoms with Crippen LogP contribution in [0.4, 0.5) is 5.69 Å². The number of aryl methyl sites for hydroxylation is 1. The van der Waals surface area contributed by atoms with Crippen LogP contribution in [0.5, 0.6) is 0 Å². The van der Waals surface area contributed by atoms with Gasteiger partial charge in [0.25, 0.3) is 11.8 Å². The van der Waals surface area contributed by atoms with Crippen LogP contribution in [0.3, 0.4) is 0 Å². The number of carbonyl (C=O) groups excluding carboxylic acids is 2. The van der Waals surface area contributed by atoms with Gasteiger partial charge in [-0.05, 0) is 24.3 Å². The summed E-state index contributed by atoms with van der Waals surface area (Å²) in [5, 5.41) is 5.39. The van der Waals surface area contributed by atoms with Gasteiger partial charge in [-0.3, -0.25) is 9.59 Å². The molecule has 1 aromatic carbocycles. The molecule has 0 saturated heterocycles. The summed E-state index contributed by atoms with van der Waals surface area (Å²) in [6.07, 6.45) is 1.40. The Labute approximate surface area is 169 Å². The van der Waals surface area contributed by atoms with E-state index < -0.39 is 15.9 Å². The van der Waals surface area contributed by atoms with Crippen molar-refractivity contribution in [3.05, 3.63) is 46.7 Å². The van der Waals surface area contributed by atoms with E-state index in [1.807, 2.05) is 0 Å². The van der Waals surface area contributed by atoms with Gasteiger partial charge in [0.1, 0.15) is 10.6 Å². The average Bonchev–Trinajstić information content (AvgIpc) is 3.06. The monoisotopic (exact) mass is 426 g/mol. The van der Waals surface area contributed by atoms with Gasteiger partial charge >= 0.3 is 0 Å². The first-order valence-corrected chi connectivity index (χ1v) is 10.5. The zero-order valence-corrected chi connectivity index (χ0v) is 17.7. The van der Waals surface area contributed by atoms with Crippen LogP contribution in [0.1, 0.15) is 34.7 Å². The maximum atomic E-state index is 12.7.